The Morgan fingerprint density at radius 1 is 1.20 bits per heavy atom. The fourth-order valence-corrected chi connectivity index (χ4v) is 6.50. The molecular formula is C29H33ClN6O3S. The van der Waals surface area contributed by atoms with Crippen molar-refractivity contribution in [2.75, 3.05) is 51.3 Å². The second kappa shape index (κ2) is 11.8. The first-order valence-electron chi connectivity index (χ1n) is 13.8. The Morgan fingerprint density at radius 2 is 2.05 bits per heavy atom. The average molecular weight is 581 g/mol. The minimum absolute atomic E-state index is 0.0101. The second-order valence-corrected chi connectivity index (χ2v) is 12.2. The van der Waals surface area contributed by atoms with Crippen molar-refractivity contribution >= 4 is 55.5 Å². The van der Waals surface area contributed by atoms with Crippen molar-refractivity contribution in [1.82, 2.24) is 25.4 Å². The van der Waals surface area contributed by atoms with Crippen LogP contribution in [0.25, 0.3) is 32.2 Å². The number of anilines is 1. The molecule has 0 aliphatic carbocycles. The number of nitrogens with zero attached hydrogens (tertiary/aromatic N) is 4. The van der Waals surface area contributed by atoms with E-state index in [9.17, 15) is 4.79 Å². The number of carbonyl (C=O) groups excluding carboxylic acids is 1. The van der Waals surface area contributed by atoms with Gasteiger partial charge in [-0.25, -0.2) is 4.98 Å². The number of hydrogen-bond acceptors (Lipinski definition) is 9. The Kier molecular flexibility index (Phi) is 8.02. The van der Waals surface area contributed by atoms with Crippen LogP contribution in [0.2, 0.25) is 5.15 Å². The summed E-state index contributed by atoms with van der Waals surface area (Å²) in [7, 11) is 0. The number of rotatable bonds is 8. The Hall–Kier alpha value is -3.05. The van der Waals surface area contributed by atoms with Crippen LogP contribution in [0.4, 0.5) is 5.69 Å². The molecule has 1 aromatic carbocycles. The molecule has 2 aliphatic rings. The highest BCUT2D eigenvalue weighted by molar-refractivity contribution is 7.21. The van der Waals surface area contributed by atoms with E-state index >= 15 is 0 Å². The highest BCUT2D eigenvalue weighted by atomic mass is 35.5. The first kappa shape index (κ1) is 27.1. The maximum Gasteiger partial charge on any atom is 0.263 e. The summed E-state index contributed by atoms with van der Waals surface area (Å²) in [6, 6.07) is 9.89. The molecule has 11 heteroatoms. The molecule has 3 aromatic heterocycles. The van der Waals surface area contributed by atoms with Gasteiger partial charge < -0.3 is 20.1 Å². The Labute approximate surface area is 242 Å². The largest absolute Gasteiger partial charge is 0.475 e. The molecule has 1 saturated heterocycles. The fraction of sp³-hybridized carbons (Fsp3) is 0.448. The summed E-state index contributed by atoms with van der Waals surface area (Å²) >= 11 is 7.76. The number of nitrogens with one attached hydrogen (secondary N) is 2. The summed E-state index contributed by atoms with van der Waals surface area (Å²) in [6.07, 6.45) is 2.03. The molecule has 0 radical (unpaired) electrons. The summed E-state index contributed by atoms with van der Waals surface area (Å²) in [5, 5.41) is 17.3. The Bertz CT molecular complexity index is 1540. The third-order valence-electron chi connectivity index (χ3n) is 7.44. The number of ether oxygens (including phenoxy) is 2. The van der Waals surface area contributed by atoms with Gasteiger partial charge in [-0.3, -0.25) is 9.69 Å². The minimum Gasteiger partial charge on any atom is -0.475 e. The molecule has 4 aromatic rings. The van der Waals surface area contributed by atoms with E-state index in [1.54, 1.807) is 6.07 Å². The number of morpholine rings is 1. The van der Waals surface area contributed by atoms with Crippen LogP contribution in [0.15, 0.2) is 30.3 Å². The highest BCUT2D eigenvalue weighted by Crippen LogP contribution is 2.41. The Balaban J connectivity index is 1.29. The first-order valence-corrected chi connectivity index (χ1v) is 15.0. The van der Waals surface area contributed by atoms with Crippen LogP contribution < -0.4 is 15.4 Å². The molecule has 2 aliphatic heterocycles. The number of pyridine rings is 1. The van der Waals surface area contributed by atoms with Gasteiger partial charge >= 0.3 is 0 Å². The molecule has 5 heterocycles. The van der Waals surface area contributed by atoms with E-state index in [4.69, 9.17) is 26.1 Å². The van der Waals surface area contributed by atoms with Crippen molar-refractivity contribution < 1.29 is 14.3 Å². The van der Waals surface area contributed by atoms with Crippen LogP contribution in [0.1, 0.15) is 36.4 Å². The zero-order chi connectivity index (χ0) is 27.6. The second-order valence-electron chi connectivity index (χ2n) is 10.7. The number of amides is 1. The van der Waals surface area contributed by atoms with Crippen molar-refractivity contribution in [2.45, 2.75) is 32.7 Å². The van der Waals surface area contributed by atoms with Crippen LogP contribution in [-0.2, 0) is 4.74 Å². The van der Waals surface area contributed by atoms with Gasteiger partial charge in [-0.05, 0) is 49.1 Å². The van der Waals surface area contributed by atoms with Crippen molar-refractivity contribution in [3.63, 3.8) is 0 Å². The van der Waals surface area contributed by atoms with E-state index < -0.39 is 0 Å². The maximum atomic E-state index is 13.2. The summed E-state index contributed by atoms with van der Waals surface area (Å²) in [5.41, 5.74) is 3.11. The lowest BCUT2D eigenvalue weighted by molar-refractivity contribution is 0.0320. The highest BCUT2D eigenvalue weighted by Gasteiger charge is 2.26. The third kappa shape index (κ3) is 5.72. The maximum absolute atomic E-state index is 13.2. The van der Waals surface area contributed by atoms with E-state index in [-0.39, 0.29) is 17.1 Å². The van der Waals surface area contributed by atoms with E-state index in [1.165, 1.54) is 11.3 Å². The van der Waals surface area contributed by atoms with Gasteiger partial charge in [0, 0.05) is 47.7 Å². The number of benzene rings is 1. The molecule has 9 nitrogen and oxygen atoms in total. The third-order valence-corrected chi connectivity index (χ3v) is 8.78. The standard InChI is InChI=1S/C29H33ClN6O3S/c1-17(2)3-4-18-16-31-26-25-19-5-6-22(33-21(19)7-8-23(25)40-27(26)28(37)32-18)20-15-24(30)34-35-29(20)39-14-11-36-9-12-38-13-10-36/h5-8,15,17-18,31H,3-4,9-14,16H2,1-2H3,(H,32,37)/t18-/m1/s1. The van der Waals surface area contributed by atoms with Gasteiger partial charge in [0.25, 0.3) is 5.91 Å². The van der Waals surface area contributed by atoms with Gasteiger partial charge in [-0.2, -0.15) is 0 Å². The first-order chi connectivity index (χ1) is 19.5. The molecule has 210 valence electrons. The molecule has 1 fully saturated rings. The van der Waals surface area contributed by atoms with Crippen molar-refractivity contribution in [3.8, 4) is 17.1 Å². The predicted octanol–water partition coefficient (Wildman–Crippen LogP) is 5.23. The van der Waals surface area contributed by atoms with Crippen molar-refractivity contribution in [2.24, 2.45) is 5.92 Å². The lowest BCUT2D eigenvalue weighted by Gasteiger charge is -2.26. The normalized spacial score (nSPS) is 18.0. The van der Waals surface area contributed by atoms with E-state index in [2.05, 4.69) is 45.6 Å². The van der Waals surface area contributed by atoms with Crippen molar-refractivity contribution in [1.29, 1.82) is 0 Å². The van der Waals surface area contributed by atoms with Gasteiger partial charge in [0.1, 0.15) is 11.5 Å². The smallest absolute Gasteiger partial charge is 0.263 e. The average Bonchev–Trinajstić information content (AvgIpc) is 3.27. The van der Waals surface area contributed by atoms with Gasteiger partial charge in [0.15, 0.2) is 5.15 Å². The molecule has 40 heavy (non-hydrogen) atoms. The Morgan fingerprint density at radius 3 is 2.88 bits per heavy atom. The SMILES string of the molecule is CC(C)CC[C@@H]1CNc2c(sc3ccc4nc(-c5cc(Cl)nnc5OCCN5CCOCC5)ccc4c23)C(=O)N1. The van der Waals surface area contributed by atoms with Gasteiger partial charge in [-0.15, -0.1) is 21.5 Å². The van der Waals surface area contributed by atoms with Gasteiger partial charge in [-0.1, -0.05) is 25.4 Å². The monoisotopic (exact) mass is 580 g/mol. The van der Waals surface area contributed by atoms with Crippen LogP contribution >= 0.6 is 22.9 Å². The molecule has 0 spiro atoms. The van der Waals surface area contributed by atoms with E-state index in [0.717, 1.165) is 77.2 Å². The number of thiophene rings is 1. The summed E-state index contributed by atoms with van der Waals surface area (Å²) < 4.78 is 12.5. The van der Waals surface area contributed by atoms with Gasteiger partial charge in [0.2, 0.25) is 5.88 Å². The van der Waals surface area contributed by atoms with Crippen LogP contribution in [-0.4, -0.2) is 78.0 Å². The van der Waals surface area contributed by atoms with Crippen LogP contribution in [0, 0.1) is 5.92 Å². The van der Waals surface area contributed by atoms with E-state index in [0.29, 0.717) is 36.2 Å². The lowest BCUT2D eigenvalue weighted by Crippen LogP contribution is -2.38. The number of aromatic nitrogens is 3. The molecule has 0 bridgehead atoms. The van der Waals surface area contributed by atoms with Crippen molar-refractivity contribution in [3.05, 3.63) is 40.4 Å². The molecule has 1 atom stereocenters. The molecule has 2 N–H and O–H groups in total. The summed E-state index contributed by atoms with van der Waals surface area (Å²) in [5.74, 6) is 0.991. The quantitative estimate of drug-likeness (QED) is 0.292. The summed E-state index contributed by atoms with van der Waals surface area (Å²) in [4.78, 5) is 21.2. The van der Waals surface area contributed by atoms with Gasteiger partial charge in [0.05, 0.1) is 35.7 Å². The topological polar surface area (TPSA) is 102 Å². The molecular weight excluding hydrogens is 548 g/mol. The number of halogens is 1. The predicted molar refractivity (Wildman–Crippen MR) is 160 cm³/mol. The zero-order valence-electron chi connectivity index (χ0n) is 22.7. The number of fused-ring (bicyclic) bond motifs is 5. The molecule has 0 unspecified atom stereocenters. The molecule has 1 amide bonds. The lowest BCUT2D eigenvalue weighted by atomic mass is 10.0. The minimum atomic E-state index is -0.0101. The number of carbonyl (C=O) groups is 1. The van der Waals surface area contributed by atoms with Crippen LogP contribution in [0.5, 0.6) is 5.88 Å². The number of hydrogen-bond donors (Lipinski definition) is 2. The molecule has 0 saturated carbocycles. The summed E-state index contributed by atoms with van der Waals surface area (Å²) in [6.45, 7) is 9.64. The fourth-order valence-electron chi connectivity index (χ4n) is 5.26. The van der Waals surface area contributed by atoms with E-state index in [1.807, 2.05) is 18.2 Å². The van der Waals surface area contributed by atoms with Crippen LogP contribution in [0.3, 0.4) is 0 Å². The molecule has 6 rings (SSSR count). The zero-order valence-corrected chi connectivity index (χ0v) is 24.3.